The number of Topliss-reactive ketones (excluding diaryl/α,β-unsaturated/α-hetero) is 1. The van der Waals surface area contributed by atoms with Crippen LogP contribution in [-0.4, -0.2) is 23.6 Å². The first kappa shape index (κ1) is 8.71. The summed E-state index contributed by atoms with van der Waals surface area (Å²) in [5, 5.41) is 0. The van der Waals surface area contributed by atoms with Crippen LogP contribution in [0.2, 0.25) is 0 Å². The van der Waals surface area contributed by atoms with Crippen molar-refractivity contribution >= 4 is 23.2 Å². The Morgan fingerprint density at radius 3 is 2.93 bits per heavy atom. The number of aromatic nitrogens is 1. The van der Waals surface area contributed by atoms with Gasteiger partial charge in [0.2, 0.25) is 0 Å². The van der Waals surface area contributed by atoms with E-state index in [-0.39, 0.29) is 18.1 Å². The number of hydrogen-bond donors (Lipinski definition) is 2. The van der Waals surface area contributed by atoms with Gasteiger partial charge >= 0.3 is 0 Å². The van der Waals surface area contributed by atoms with Crippen LogP contribution in [0.25, 0.3) is 11.1 Å². The molecule has 0 radical (unpaired) electrons. The first-order valence-electron chi connectivity index (χ1n) is 4.05. The Balaban J connectivity index is 2.49. The number of carbonyl (C=O) groups is 2. The molecule has 0 saturated carbocycles. The molecule has 0 amide bonds. The van der Waals surface area contributed by atoms with E-state index < -0.39 is 0 Å². The van der Waals surface area contributed by atoms with Crippen molar-refractivity contribution in [1.82, 2.24) is 4.98 Å². The Kier molecular flexibility index (Phi) is 1.94. The van der Waals surface area contributed by atoms with Gasteiger partial charge in [0.25, 0.3) is 0 Å². The highest BCUT2D eigenvalue weighted by molar-refractivity contribution is 6.00. The third-order valence-corrected chi connectivity index (χ3v) is 1.93. The molecule has 3 N–H and O–H groups in total. The van der Waals surface area contributed by atoms with Gasteiger partial charge in [-0.2, -0.15) is 0 Å². The first-order valence-corrected chi connectivity index (χ1v) is 4.05. The van der Waals surface area contributed by atoms with Gasteiger partial charge in [0, 0.05) is 12.1 Å². The fraction of sp³-hybridized carbons (Fsp3) is 0.111. The molecular weight excluding hydrogens is 184 g/mol. The maximum Gasteiger partial charge on any atom is 0.192 e. The van der Waals surface area contributed by atoms with Gasteiger partial charge in [-0.15, -0.1) is 0 Å². The van der Waals surface area contributed by atoms with Crippen molar-refractivity contribution in [1.29, 1.82) is 0 Å². The van der Waals surface area contributed by atoms with E-state index in [1.807, 2.05) is 0 Å². The van der Waals surface area contributed by atoms with Crippen LogP contribution >= 0.6 is 0 Å². The highest BCUT2D eigenvalue weighted by Gasteiger charge is 2.11. The summed E-state index contributed by atoms with van der Waals surface area (Å²) in [5.41, 5.74) is 6.71. The SMILES string of the molecule is NCC(=O)c1cc2oc(C=O)cc2[nH]1. The molecule has 0 unspecified atom stereocenters. The smallest absolute Gasteiger partial charge is 0.192 e. The van der Waals surface area contributed by atoms with Gasteiger partial charge in [0.1, 0.15) is 0 Å². The predicted octanol–water partition coefficient (Wildman–Crippen LogP) is 0.715. The second kappa shape index (κ2) is 3.12. The lowest BCUT2D eigenvalue weighted by atomic mass is 10.3. The molecule has 5 heteroatoms. The van der Waals surface area contributed by atoms with Crippen LogP contribution in [0.3, 0.4) is 0 Å². The van der Waals surface area contributed by atoms with Gasteiger partial charge in [-0.25, -0.2) is 0 Å². The van der Waals surface area contributed by atoms with Crippen molar-refractivity contribution in [2.45, 2.75) is 0 Å². The number of nitrogens with two attached hydrogens (primary N) is 1. The molecule has 0 aliphatic rings. The normalized spacial score (nSPS) is 10.6. The number of ketones is 1. The van der Waals surface area contributed by atoms with Crippen molar-refractivity contribution < 1.29 is 14.0 Å². The van der Waals surface area contributed by atoms with Gasteiger partial charge < -0.3 is 15.1 Å². The maximum absolute atomic E-state index is 11.2. The lowest BCUT2D eigenvalue weighted by Crippen LogP contribution is -2.13. The fourth-order valence-electron chi connectivity index (χ4n) is 1.26. The van der Waals surface area contributed by atoms with E-state index in [1.54, 1.807) is 0 Å². The second-order valence-corrected chi connectivity index (χ2v) is 2.85. The minimum atomic E-state index is -0.191. The Bertz CT molecular complexity index is 464. The van der Waals surface area contributed by atoms with Crippen LogP contribution in [0.4, 0.5) is 0 Å². The molecule has 0 aliphatic carbocycles. The van der Waals surface area contributed by atoms with Crippen molar-refractivity contribution in [3.63, 3.8) is 0 Å². The van der Waals surface area contributed by atoms with E-state index in [0.29, 0.717) is 23.1 Å². The number of H-pyrrole nitrogens is 1. The molecule has 2 aromatic heterocycles. The van der Waals surface area contributed by atoms with E-state index >= 15 is 0 Å². The van der Waals surface area contributed by atoms with Crippen LogP contribution in [0.5, 0.6) is 0 Å². The fourth-order valence-corrected chi connectivity index (χ4v) is 1.26. The van der Waals surface area contributed by atoms with Crippen molar-refractivity contribution in [2.75, 3.05) is 6.54 Å². The molecular formula is C9H8N2O3. The van der Waals surface area contributed by atoms with E-state index in [4.69, 9.17) is 10.2 Å². The molecule has 5 nitrogen and oxygen atoms in total. The third-order valence-electron chi connectivity index (χ3n) is 1.93. The molecule has 2 rings (SSSR count). The average Bonchev–Trinajstić information content (AvgIpc) is 2.72. The Labute approximate surface area is 78.9 Å². The molecule has 0 aromatic carbocycles. The summed E-state index contributed by atoms with van der Waals surface area (Å²) in [5.74, 6) is 0.0436. The van der Waals surface area contributed by atoms with Gasteiger partial charge in [-0.1, -0.05) is 0 Å². The zero-order chi connectivity index (χ0) is 10.1. The standard InChI is InChI=1S/C9H8N2O3/c10-3-8(13)6-2-9-7(11-6)1-5(4-12)14-9/h1-2,4,11H,3,10H2. The van der Waals surface area contributed by atoms with Gasteiger partial charge in [0.05, 0.1) is 17.8 Å². The van der Waals surface area contributed by atoms with Gasteiger partial charge in [-0.05, 0) is 0 Å². The van der Waals surface area contributed by atoms with Crippen LogP contribution < -0.4 is 5.73 Å². The van der Waals surface area contributed by atoms with Crippen molar-refractivity contribution in [3.8, 4) is 0 Å². The topological polar surface area (TPSA) is 89.1 Å². The lowest BCUT2D eigenvalue weighted by molar-refractivity contribution is 0.0997. The van der Waals surface area contributed by atoms with Crippen LogP contribution in [0, 0.1) is 0 Å². The number of hydrogen-bond acceptors (Lipinski definition) is 4. The third kappa shape index (κ3) is 1.23. The number of fused-ring (bicyclic) bond motifs is 1. The maximum atomic E-state index is 11.2. The highest BCUT2D eigenvalue weighted by Crippen LogP contribution is 2.19. The lowest BCUT2D eigenvalue weighted by Gasteiger charge is -1.89. The van der Waals surface area contributed by atoms with E-state index in [9.17, 15) is 9.59 Å². The summed E-state index contributed by atoms with van der Waals surface area (Å²) >= 11 is 0. The van der Waals surface area contributed by atoms with Crippen molar-refractivity contribution in [2.24, 2.45) is 5.73 Å². The zero-order valence-electron chi connectivity index (χ0n) is 7.24. The van der Waals surface area contributed by atoms with E-state index in [0.717, 1.165) is 0 Å². The molecule has 2 heterocycles. The zero-order valence-corrected chi connectivity index (χ0v) is 7.24. The molecule has 2 aromatic rings. The number of furan rings is 1. The number of nitrogens with one attached hydrogen (secondary N) is 1. The monoisotopic (exact) mass is 192 g/mol. The second-order valence-electron chi connectivity index (χ2n) is 2.85. The minimum absolute atomic E-state index is 0.0519. The van der Waals surface area contributed by atoms with Crippen LogP contribution in [0.1, 0.15) is 21.0 Å². The van der Waals surface area contributed by atoms with Crippen LogP contribution in [0.15, 0.2) is 16.5 Å². The molecule has 0 fully saturated rings. The highest BCUT2D eigenvalue weighted by atomic mass is 16.3. The minimum Gasteiger partial charge on any atom is -0.452 e. The largest absolute Gasteiger partial charge is 0.452 e. The average molecular weight is 192 g/mol. The van der Waals surface area contributed by atoms with Crippen LogP contribution in [-0.2, 0) is 0 Å². The van der Waals surface area contributed by atoms with Gasteiger partial charge in [-0.3, -0.25) is 9.59 Å². The van der Waals surface area contributed by atoms with Gasteiger partial charge in [0.15, 0.2) is 23.4 Å². The summed E-state index contributed by atoms with van der Waals surface area (Å²) in [6.07, 6.45) is 0.609. The number of aromatic amines is 1. The summed E-state index contributed by atoms with van der Waals surface area (Å²) in [4.78, 5) is 24.3. The molecule has 0 bridgehead atoms. The Hall–Kier alpha value is -1.88. The predicted molar refractivity (Wildman–Crippen MR) is 49.3 cm³/mol. The summed E-state index contributed by atoms with van der Waals surface area (Å²) in [6, 6.07) is 3.08. The van der Waals surface area contributed by atoms with Crippen molar-refractivity contribution in [3.05, 3.63) is 23.6 Å². The molecule has 0 atom stereocenters. The molecule has 0 spiro atoms. The molecule has 72 valence electrons. The molecule has 14 heavy (non-hydrogen) atoms. The summed E-state index contributed by atoms with van der Waals surface area (Å²) in [6.45, 7) is -0.0519. The van der Waals surface area contributed by atoms with E-state index in [1.165, 1.54) is 12.1 Å². The first-order chi connectivity index (χ1) is 6.74. The number of aldehydes is 1. The van der Waals surface area contributed by atoms with E-state index in [2.05, 4.69) is 4.98 Å². The molecule has 0 aliphatic heterocycles. The molecule has 0 saturated heterocycles. The Morgan fingerprint density at radius 1 is 1.57 bits per heavy atom. The summed E-state index contributed by atoms with van der Waals surface area (Å²) < 4.78 is 5.10. The Morgan fingerprint density at radius 2 is 2.36 bits per heavy atom. The number of rotatable bonds is 3. The summed E-state index contributed by atoms with van der Waals surface area (Å²) in [7, 11) is 0. The number of carbonyl (C=O) groups excluding carboxylic acids is 2. The quantitative estimate of drug-likeness (QED) is 0.553.